The molecule has 0 bridgehead atoms. The zero-order valence-electron chi connectivity index (χ0n) is 16.7. The van der Waals surface area contributed by atoms with Crippen molar-refractivity contribution in [2.75, 3.05) is 34.4 Å². The van der Waals surface area contributed by atoms with Crippen LogP contribution < -0.4 is 14.2 Å². The molecule has 3 aromatic rings. The molecule has 1 aliphatic heterocycles. The lowest BCUT2D eigenvalue weighted by molar-refractivity contribution is 0.216. The zero-order valence-corrected chi connectivity index (χ0v) is 17.5. The molecule has 1 aliphatic rings. The Morgan fingerprint density at radius 3 is 2.37 bits per heavy atom. The Morgan fingerprint density at radius 2 is 1.67 bits per heavy atom. The smallest absolute Gasteiger partial charge is 0.243 e. The van der Waals surface area contributed by atoms with Crippen molar-refractivity contribution in [2.45, 2.75) is 10.8 Å². The van der Waals surface area contributed by atoms with Crippen LogP contribution in [0.3, 0.4) is 0 Å². The van der Waals surface area contributed by atoms with Gasteiger partial charge in [-0.3, -0.25) is 0 Å². The fraction of sp³-hybridized carbons (Fsp3) is 0.300. The molecule has 0 amide bonds. The number of benzene rings is 2. The molecule has 0 atom stereocenters. The summed E-state index contributed by atoms with van der Waals surface area (Å²) in [5, 5.41) is 4.02. The SMILES string of the molecule is COc1ccc(S(=O)(=O)N2CC(c3nc(-c4ccccc4OC)no3)C2)cc1OC. The minimum absolute atomic E-state index is 0.138. The van der Waals surface area contributed by atoms with Crippen LogP contribution in [0, 0.1) is 0 Å². The average molecular weight is 431 g/mol. The average Bonchev–Trinajstić information content (AvgIpc) is 3.21. The second-order valence-electron chi connectivity index (χ2n) is 6.69. The highest BCUT2D eigenvalue weighted by Crippen LogP contribution is 2.36. The third-order valence-corrected chi connectivity index (χ3v) is 6.81. The number of aromatic nitrogens is 2. The molecule has 9 nitrogen and oxygen atoms in total. The van der Waals surface area contributed by atoms with Crippen LogP contribution in [0.25, 0.3) is 11.4 Å². The summed E-state index contributed by atoms with van der Waals surface area (Å²) in [4.78, 5) is 4.57. The van der Waals surface area contributed by atoms with Gasteiger partial charge in [-0.05, 0) is 24.3 Å². The first kappa shape index (κ1) is 20.2. The summed E-state index contributed by atoms with van der Waals surface area (Å²) in [5.74, 6) is 2.09. The zero-order chi connectivity index (χ0) is 21.3. The molecule has 2 aromatic carbocycles. The van der Waals surface area contributed by atoms with Gasteiger partial charge in [0.05, 0.1) is 37.7 Å². The Balaban J connectivity index is 1.49. The first-order valence-corrected chi connectivity index (χ1v) is 10.6. The number of hydrogen-bond donors (Lipinski definition) is 0. The summed E-state index contributed by atoms with van der Waals surface area (Å²) < 4.78 is 48.3. The van der Waals surface area contributed by atoms with Crippen molar-refractivity contribution in [2.24, 2.45) is 0 Å². The van der Waals surface area contributed by atoms with Gasteiger partial charge in [0.15, 0.2) is 11.5 Å². The van der Waals surface area contributed by atoms with Crippen LogP contribution in [0.4, 0.5) is 0 Å². The summed E-state index contributed by atoms with van der Waals surface area (Å²) in [6.45, 7) is 0.508. The Morgan fingerprint density at radius 1 is 0.967 bits per heavy atom. The van der Waals surface area contributed by atoms with Crippen LogP contribution in [0.15, 0.2) is 51.9 Å². The third kappa shape index (κ3) is 3.48. The molecule has 158 valence electrons. The van der Waals surface area contributed by atoms with Gasteiger partial charge in [-0.25, -0.2) is 8.42 Å². The van der Waals surface area contributed by atoms with Gasteiger partial charge in [0.2, 0.25) is 21.7 Å². The number of para-hydroxylation sites is 1. The predicted octanol–water partition coefficient (Wildman–Crippen LogP) is 2.55. The standard InChI is InChI=1S/C20H21N3O6S/c1-26-16-7-5-4-6-15(16)19-21-20(29-22-19)13-11-23(12-13)30(24,25)14-8-9-17(27-2)18(10-14)28-3/h4-10,13H,11-12H2,1-3H3. The molecule has 1 saturated heterocycles. The summed E-state index contributed by atoms with van der Waals surface area (Å²) in [6.07, 6.45) is 0. The fourth-order valence-corrected chi connectivity index (χ4v) is 4.80. The highest BCUT2D eigenvalue weighted by molar-refractivity contribution is 7.89. The van der Waals surface area contributed by atoms with E-state index in [2.05, 4.69) is 10.1 Å². The van der Waals surface area contributed by atoms with Crippen LogP contribution in [0.2, 0.25) is 0 Å². The molecular weight excluding hydrogens is 410 g/mol. The number of rotatable bonds is 7. The summed E-state index contributed by atoms with van der Waals surface area (Å²) in [7, 11) is 0.860. The Hall–Kier alpha value is -3.11. The van der Waals surface area contributed by atoms with Gasteiger partial charge in [0.25, 0.3) is 0 Å². The van der Waals surface area contributed by atoms with E-state index >= 15 is 0 Å². The van der Waals surface area contributed by atoms with Crippen molar-refractivity contribution >= 4 is 10.0 Å². The summed E-state index contributed by atoms with van der Waals surface area (Å²) in [5.41, 5.74) is 0.712. The largest absolute Gasteiger partial charge is 0.496 e. The molecule has 0 radical (unpaired) electrons. The minimum atomic E-state index is -3.67. The van der Waals surface area contributed by atoms with Crippen LogP contribution >= 0.6 is 0 Å². The highest BCUT2D eigenvalue weighted by atomic mass is 32.2. The second kappa shape index (κ2) is 7.96. The second-order valence-corrected chi connectivity index (χ2v) is 8.63. The number of nitrogens with zero attached hydrogens (tertiary/aromatic N) is 3. The first-order chi connectivity index (χ1) is 14.5. The van der Waals surface area contributed by atoms with Crippen LogP contribution in [-0.4, -0.2) is 57.3 Å². The van der Waals surface area contributed by atoms with Crippen LogP contribution in [0.5, 0.6) is 17.2 Å². The van der Waals surface area contributed by atoms with E-state index in [0.717, 1.165) is 0 Å². The molecule has 30 heavy (non-hydrogen) atoms. The van der Waals surface area contributed by atoms with Gasteiger partial charge in [-0.1, -0.05) is 17.3 Å². The van der Waals surface area contributed by atoms with Gasteiger partial charge in [-0.15, -0.1) is 0 Å². The summed E-state index contributed by atoms with van der Waals surface area (Å²) >= 11 is 0. The molecule has 1 fully saturated rings. The van der Waals surface area contributed by atoms with E-state index in [1.165, 1.54) is 30.7 Å². The van der Waals surface area contributed by atoms with Crippen LogP contribution in [0.1, 0.15) is 11.8 Å². The van der Waals surface area contributed by atoms with Crippen molar-refractivity contribution in [1.29, 1.82) is 0 Å². The van der Waals surface area contributed by atoms with Gasteiger partial charge in [0, 0.05) is 19.2 Å². The van der Waals surface area contributed by atoms with Crippen molar-refractivity contribution in [1.82, 2.24) is 14.4 Å². The molecule has 0 spiro atoms. The number of hydrogen-bond acceptors (Lipinski definition) is 8. The van der Waals surface area contributed by atoms with Crippen molar-refractivity contribution in [3.05, 3.63) is 48.4 Å². The van der Waals surface area contributed by atoms with Crippen molar-refractivity contribution < 1.29 is 27.2 Å². The normalized spacial score (nSPS) is 14.9. The molecule has 0 saturated carbocycles. The third-order valence-electron chi connectivity index (χ3n) is 4.98. The maximum absolute atomic E-state index is 12.9. The van der Waals surface area contributed by atoms with Gasteiger partial charge < -0.3 is 18.7 Å². The van der Waals surface area contributed by atoms with Gasteiger partial charge in [0.1, 0.15) is 5.75 Å². The molecule has 2 heterocycles. The van der Waals surface area contributed by atoms with Gasteiger partial charge >= 0.3 is 0 Å². The lowest BCUT2D eigenvalue weighted by Gasteiger charge is -2.35. The van der Waals surface area contributed by atoms with E-state index in [1.54, 1.807) is 13.2 Å². The van der Waals surface area contributed by atoms with E-state index in [-0.39, 0.29) is 23.9 Å². The van der Waals surface area contributed by atoms with Crippen LogP contribution in [-0.2, 0) is 10.0 Å². The lowest BCUT2D eigenvalue weighted by atomic mass is 10.0. The van der Waals surface area contributed by atoms with E-state index in [4.69, 9.17) is 18.7 Å². The molecule has 0 unspecified atom stereocenters. The maximum Gasteiger partial charge on any atom is 0.243 e. The molecule has 0 aliphatic carbocycles. The highest BCUT2D eigenvalue weighted by Gasteiger charge is 2.40. The number of methoxy groups -OCH3 is 3. The molecule has 4 rings (SSSR count). The monoisotopic (exact) mass is 431 g/mol. The van der Waals surface area contributed by atoms with Gasteiger partial charge in [-0.2, -0.15) is 9.29 Å². The molecule has 0 N–H and O–H groups in total. The Kier molecular flexibility index (Phi) is 5.35. The van der Waals surface area contributed by atoms with E-state index in [9.17, 15) is 8.42 Å². The van der Waals surface area contributed by atoms with E-state index in [1.807, 2.05) is 24.3 Å². The van der Waals surface area contributed by atoms with E-state index < -0.39 is 10.0 Å². The van der Waals surface area contributed by atoms with Crippen molar-refractivity contribution in [3.8, 4) is 28.6 Å². The Bertz CT molecular complexity index is 1150. The lowest BCUT2D eigenvalue weighted by Crippen LogP contribution is -2.48. The number of sulfonamides is 1. The quantitative estimate of drug-likeness (QED) is 0.562. The predicted molar refractivity (Wildman–Crippen MR) is 107 cm³/mol. The molecule has 10 heteroatoms. The molecular formula is C20H21N3O6S. The maximum atomic E-state index is 12.9. The topological polar surface area (TPSA) is 104 Å². The number of ether oxygens (including phenoxy) is 3. The Labute approximate surface area is 174 Å². The first-order valence-electron chi connectivity index (χ1n) is 9.17. The van der Waals surface area contributed by atoms with E-state index in [0.29, 0.717) is 34.5 Å². The fourth-order valence-electron chi connectivity index (χ4n) is 3.26. The molecule has 1 aromatic heterocycles. The minimum Gasteiger partial charge on any atom is -0.496 e. The van der Waals surface area contributed by atoms with Crippen molar-refractivity contribution in [3.63, 3.8) is 0 Å². The summed E-state index contributed by atoms with van der Waals surface area (Å²) in [6, 6.07) is 11.9.